The predicted octanol–water partition coefficient (Wildman–Crippen LogP) is 2.60. The van der Waals surface area contributed by atoms with Crippen LogP contribution in [0.4, 0.5) is 10.5 Å². The van der Waals surface area contributed by atoms with E-state index >= 15 is 0 Å². The van der Waals surface area contributed by atoms with Gasteiger partial charge in [0.15, 0.2) is 0 Å². The summed E-state index contributed by atoms with van der Waals surface area (Å²) in [6.45, 7) is 0. The number of nitrogens with one attached hydrogen (secondary N) is 2. The van der Waals surface area contributed by atoms with E-state index in [1.54, 1.807) is 14.2 Å². The smallest absolute Gasteiger partial charge is 0.318 e. The van der Waals surface area contributed by atoms with Crippen molar-refractivity contribution in [1.82, 2.24) is 5.32 Å². The van der Waals surface area contributed by atoms with Gasteiger partial charge in [-0.15, -0.1) is 0 Å². The number of hydrogen-bond acceptors (Lipinski definition) is 2. The highest BCUT2D eigenvalue weighted by molar-refractivity contribution is 5.93. The lowest BCUT2D eigenvalue weighted by Crippen LogP contribution is -2.24. The second-order valence-electron chi connectivity index (χ2n) is 3.63. The molecule has 2 rings (SSSR count). The number of carbonyl (C=O) groups excluding carboxylic acids is 1. The number of amides is 2. The van der Waals surface area contributed by atoms with E-state index in [2.05, 4.69) is 10.6 Å². The third-order valence-corrected chi connectivity index (χ3v) is 2.53. The molecule has 0 saturated heterocycles. The molecule has 0 aromatic heterocycles. The van der Waals surface area contributed by atoms with Crippen LogP contribution in [0.5, 0.6) is 5.75 Å². The maximum atomic E-state index is 11.2. The SMILES string of the molecule is CNC(=O)Nc1ccc2cc(OC)ccc2c1. The van der Waals surface area contributed by atoms with E-state index < -0.39 is 0 Å². The first kappa shape index (κ1) is 11.3. The van der Waals surface area contributed by atoms with Crippen LogP contribution in [0.15, 0.2) is 36.4 Å². The van der Waals surface area contributed by atoms with E-state index in [9.17, 15) is 4.79 Å². The minimum Gasteiger partial charge on any atom is -0.497 e. The van der Waals surface area contributed by atoms with Crippen LogP contribution >= 0.6 is 0 Å². The molecule has 0 atom stereocenters. The van der Waals surface area contributed by atoms with Crippen molar-refractivity contribution in [3.05, 3.63) is 36.4 Å². The number of rotatable bonds is 2. The molecular formula is C13H14N2O2. The normalized spacial score (nSPS) is 10.0. The molecule has 0 aliphatic heterocycles. The van der Waals surface area contributed by atoms with Gasteiger partial charge in [0.25, 0.3) is 0 Å². The van der Waals surface area contributed by atoms with Gasteiger partial charge >= 0.3 is 6.03 Å². The Hall–Kier alpha value is -2.23. The van der Waals surface area contributed by atoms with Gasteiger partial charge in [-0.25, -0.2) is 4.79 Å². The molecule has 88 valence electrons. The third kappa shape index (κ3) is 2.47. The van der Waals surface area contributed by atoms with Gasteiger partial charge in [0, 0.05) is 12.7 Å². The molecule has 0 unspecified atom stereocenters. The van der Waals surface area contributed by atoms with Crippen LogP contribution in [-0.4, -0.2) is 20.2 Å². The molecule has 0 spiro atoms. The van der Waals surface area contributed by atoms with Gasteiger partial charge in [-0.3, -0.25) is 0 Å². The lowest BCUT2D eigenvalue weighted by Gasteiger charge is -2.07. The summed E-state index contributed by atoms with van der Waals surface area (Å²) in [4.78, 5) is 11.2. The summed E-state index contributed by atoms with van der Waals surface area (Å²) in [6.07, 6.45) is 0. The van der Waals surface area contributed by atoms with Crippen LogP contribution in [0, 0.1) is 0 Å². The van der Waals surface area contributed by atoms with Gasteiger partial charge in [-0.2, -0.15) is 0 Å². The molecule has 17 heavy (non-hydrogen) atoms. The van der Waals surface area contributed by atoms with Crippen molar-refractivity contribution in [3.63, 3.8) is 0 Å². The van der Waals surface area contributed by atoms with Crippen molar-refractivity contribution >= 4 is 22.5 Å². The molecule has 0 fully saturated rings. The number of carbonyl (C=O) groups is 1. The second kappa shape index (κ2) is 4.74. The quantitative estimate of drug-likeness (QED) is 0.833. The molecule has 4 heteroatoms. The number of anilines is 1. The van der Waals surface area contributed by atoms with Crippen LogP contribution in [-0.2, 0) is 0 Å². The molecule has 0 heterocycles. The summed E-state index contributed by atoms with van der Waals surface area (Å²) in [6, 6.07) is 11.3. The Morgan fingerprint density at radius 2 is 1.82 bits per heavy atom. The zero-order valence-corrected chi connectivity index (χ0v) is 9.78. The molecule has 2 aromatic rings. The molecule has 0 aliphatic carbocycles. The van der Waals surface area contributed by atoms with Gasteiger partial charge in [0.2, 0.25) is 0 Å². The van der Waals surface area contributed by atoms with Crippen molar-refractivity contribution in [2.24, 2.45) is 0 Å². The fourth-order valence-electron chi connectivity index (χ4n) is 1.62. The summed E-state index contributed by atoms with van der Waals surface area (Å²) in [5.41, 5.74) is 0.766. The summed E-state index contributed by atoms with van der Waals surface area (Å²) in [7, 11) is 3.23. The Kier molecular flexibility index (Phi) is 3.14. The minimum atomic E-state index is -0.224. The molecule has 0 radical (unpaired) electrons. The van der Waals surface area contributed by atoms with E-state index in [1.807, 2.05) is 36.4 Å². The lowest BCUT2D eigenvalue weighted by molar-refractivity contribution is 0.254. The maximum absolute atomic E-state index is 11.2. The monoisotopic (exact) mass is 230 g/mol. The average Bonchev–Trinajstić information content (AvgIpc) is 2.38. The zero-order valence-electron chi connectivity index (χ0n) is 9.78. The number of benzene rings is 2. The van der Waals surface area contributed by atoms with E-state index in [-0.39, 0.29) is 6.03 Å². The Morgan fingerprint density at radius 1 is 1.12 bits per heavy atom. The van der Waals surface area contributed by atoms with E-state index in [1.165, 1.54) is 0 Å². The van der Waals surface area contributed by atoms with E-state index in [0.717, 1.165) is 22.2 Å². The number of methoxy groups -OCH3 is 1. The first-order chi connectivity index (χ1) is 8.22. The lowest BCUT2D eigenvalue weighted by atomic mass is 10.1. The van der Waals surface area contributed by atoms with Crippen LogP contribution in [0.1, 0.15) is 0 Å². The number of hydrogen-bond donors (Lipinski definition) is 2. The van der Waals surface area contributed by atoms with Gasteiger partial charge < -0.3 is 15.4 Å². The standard InChI is InChI=1S/C13H14N2O2/c1-14-13(16)15-11-5-3-10-8-12(17-2)6-4-9(10)7-11/h3-8H,1-2H3,(H2,14,15,16). The van der Waals surface area contributed by atoms with Gasteiger partial charge in [0.05, 0.1) is 7.11 Å². The Bertz CT molecular complexity index is 552. The van der Waals surface area contributed by atoms with E-state index in [0.29, 0.717) is 0 Å². The predicted molar refractivity (Wildman–Crippen MR) is 68.6 cm³/mol. The molecule has 0 aliphatic rings. The Balaban J connectivity index is 2.34. The van der Waals surface area contributed by atoms with Gasteiger partial charge in [-0.1, -0.05) is 12.1 Å². The number of urea groups is 1. The fourth-order valence-corrected chi connectivity index (χ4v) is 1.62. The first-order valence-electron chi connectivity index (χ1n) is 5.29. The molecule has 4 nitrogen and oxygen atoms in total. The van der Waals surface area contributed by atoms with Crippen LogP contribution < -0.4 is 15.4 Å². The maximum Gasteiger partial charge on any atom is 0.318 e. The minimum absolute atomic E-state index is 0.224. The first-order valence-corrected chi connectivity index (χ1v) is 5.29. The van der Waals surface area contributed by atoms with Crippen LogP contribution in [0.25, 0.3) is 10.8 Å². The second-order valence-corrected chi connectivity index (χ2v) is 3.63. The van der Waals surface area contributed by atoms with Gasteiger partial charge in [0.1, 0.15) is 5.75 Å². The molecule has 0 saturated carbocycles. The Labute approximate surface area is 99.6 Å². The highest BCUT2D eigenvalue weighted by Crippen LogP contribution is 2.23. The van der Waals surface area contributed by atoms with Crippen molar-refractivity contribution in [1.29, 1.82) is 0 Å². The van der Waals surface area contributed by atoms with Crippen molar-refractivity contribution in [2.45, 2.75) is 0 Å². The Morgan fingerprint density at radius 3 is 2.53 bits per heavy atom. The topological polar surface area (TPSA) is 50.4 Å². The molecular weight excluding hydrogens is 216 g/mol. The number of ether oxygens (including phenoxy) is 1. The zero-order chi connectivity index (χ0) is 12.3. The largest absolute Gasteiger partial charge is 0.497 e. The van der Waals surface area contributed by atoms with Crippen LogP contribution in [0.3, 0.4) is 0 Å². The van der Waals surface area contributed by atoms with E-state index in [4.69, 9.17) is 4.74 Å². The summed E-state index contributed by atoms with van der Waals surface area (Å²) >= 11 is 0. The molecule has 2 N–H and O–H groups in total. The highest BCUT2D eigenvalue weighted by Gasteiger charge is 2.01. The summed E-state index contributed by atoms with van der Waals surface area (Å²) < 4.78 is 5.15. The fraction of sp³-hybridized carbons (Fsp3) is 0.154. The summed E-state index contributed by atoms with van der Waals surface area (Å²) in [5.74, 6) is 0.824. The molecule has 2 aromatic carbocycles. The summed E-state index contributed by atoms with van der Waals surface area (Å²) in [5, 5.41) is 7.37. The van der Waals surface area contributed by atoms with Gasteiger partial charge in [-0.05, 0) is 35.0 Å². The highest BCUT2D eigenvalue weighted by atomic mass is 16.5. The number of fused-ring (bicyclic) bond motifs is 1. The van der Waals surface area contributed by atoms with Crippen LogP contribution in [0.2, 0.25) is 0 Å². The third-order valence-electron chi connectivity index (χ3n) is 2.53. The average molecular weight is 230 g/mol. The molecule has 0 bridgehead atoms. The van der Waals surface area contributed by atoms with Crippen molar-refractivity contribution in [2.75, 3.05) is 19.5 Å². The van der Waals surface area contributed by atoms with Crippen molar-refractivity contribution in [3.8, 4) is 5.75 Å². The van der Waals surface area contributed by atoms with Crippen molar-refractivity contribution < 1.29 is 9.53 Å². The molecule has 2 amide bonds.